The average Bonchev–Trinajstić information content (AvgIpc) is 2.15. The van der Waals surface area contributed by atoms with Crippen LogP contribution in [-0.4, -0.2) is 10.9 Å². The van der Waals surface area contributed by atoms with E-state index < -0.39 is 10.2 Å². The number of quaternary nitrogens is 2. The third kappa shape index (κ3) is 1.15. The number of hydrogen-bond acceptors (Lipinski definition) is 5. The fourth-order valence-corrected chi connectivity index (χ4v) is 1.12. The first-order valence-corrected chi connectivity index (χ1v) is 3.57. The fraction of sp³-hybridized carbons (Fsp3) is 0. The van der Waals surface area contributed by atoms with Gasteiger partial charge in [-0.2, -0.15) is 5.17 Å². The van der Waals surface area contributed by atoms with Gasteiger partial charge in [0, 0.05) is 17.4 Å². The van der Waals surface area contributed by atoms with E-state index in [9.17, 15) is 10.4 Å². The Morgan fingerprint density at radius 1 is 1.31 bits per heavy atom. The summed E-state index contributed by atoms with van der Waals surface area (Å²) in [6.45, 7) is 0. The Hall–Kier alpha value is -1.54. The summed E-state index contributed by atoms with van der Waals surface area (Å²) in [6, 6.07) is 1.46. The molecule has 2 heterocycles. The number of aromatic nitrogens is 1. The van der Waals surface area contributed by atoms with E-state index in [0.29, 0.717) is 0 Å². The van der Waals surface area contributed by atoms with Gasteiger partial charge in [0.25, 0.3) is 0 Å². The molecule has 0 spiro atoms. The van der Waals surface area contributed by atoms with E-state index in [4.69, 9.17) is 5.73 Å². The first-order chi connectivity index (χ1) is 6.20. The lowest BCUT2D eigenvalue weighted by Crippen LogP contribution is -3.14. The molecule has 0 aliphatic carbocycles. The Bertz CT molecular complexity index is 366. The smallest absolute Gasteiger partial charge is 0.351 e. The van der Waals surface area contributed by atoms with E-state index >= 15 is 0 Å². The van der Waals surface area contributed by atoms with Crippen LogP contribution in [0.2, 0.25) is 0 Å². The Morgan fingerprint density at radius 3 is 2.85 bits per heavy atom. The van der Waals surface area contributed by atoms with Crippen molar-refractivity contribution in [3.05, 3.63) is 28.9 Å². The zero-order valence-electron chi connectivity index (χ0n) is 6.52. The molecule has 7 nitrogen and oxygen atoms in total. The molecule has 1 aromatic rings. The van der Waals surface area contributed by atoms with Crippen molar-refractivity contribution in [2.75, 3.05) is 0 Å². The average molecular weight is 181 g/mol. The Morgan fingerprint density at radius 2 is 2.08 bits per heavy atom. The molecule has 68 valence electrons. The maximum absolute atomic E-state index is 11.3. The number of nitrogens with zero attached hydrogens (tertiary/aromatic N) is 2. The van der Waals surface area contributed by atoms with Crippen LogP contribution >= 0.6 is 0 Å². The highest BCUT2D eigenvalue weighted by atomic mass is 16.5. The fourth-order valence-electron chi connectivity index (χ4n) is 1.12. The molecule has 1 aliphatic heterocycles. The predicted molar refractivity (Wildman–Crippen MR) is 43.8 cm³/mol. The van der Waals surface area contributed by atoms with Gasteiger partial charge < -0.3 is 16.1 Å². The maximum atomic E-state index is 11.3. The lowest BCUT2D eigenvalue weighted by Gasteiger charge is -2.27. The van der Waals surface area contributed by atoms with Crippen molar-refractivity contribution in [2.24, 2.45) is 10.8 Å². The maximum Gasteiger partial charge on any atom is 0.351 e. The minimum absolute atomic E-state index is 0.210. The molecule has 0 saturated carbocycles. The molecule has 0 radical (unpaired) electrons. The number of rotatable bonds is 0. The van der Waals surface area contributed by atoms with Crippen LogP contribution < -0.4 is 16.0 Å². The van der Waals surface area contributed by atoms with Crippen molar-refractivity contribution in [3.63, 3.8) is 0 Å². The largest absolute Gasteiger partial charge is 0.621 e. The summed E-state index contributed by atoms with van der Waals surface area (Å²) >= 11 is 0. The summed E-state index contributed by atoms with van der Waals surface area (Å²) < 4.78 is 0. The van der Waals surface area contributed by atoms with Crippen molar-refractivity contribution >= 4 is 17.3 Å². The molecule has 0 fully saturated rings. The summed E-state index contributed by atoms with van der Waals surface area (Å²) in [5.41, 5.74) is 5.72. The van der Waals surface area contributed by atoms with E-state index in [2.05, 4.69) is 10.1 Å². The van der Waals surface area contributed by atoms with Crippen LogP contribution in [-0.2, 0) is 0 Å². The van der Waals surface area contributed by atoms with E-state index in [1.165, 1.54) is 18.5 Å². The normalized spacial score (nSPS) is 26.5. The minimum Gasteiger partial charge on any atom is -0.621 e. The summed E-state index contributed by atoms with van der Waals surface area (Å²) in [6.07, 6.45) is 2.74. The first kappa shape index (κ1) is 8.08. The second-order valence-corrected chi connectivity index (χ2v) is 2.55. The van der Waals surface area contributed by atoms with Crippen LogP contribution in [0.1, 0.15) is 0 Å². The molecule has 1 aliphatic rings. The van der Waals surface area contributed by atoms with Crippen molar-refractivity contribution in [3.8, 4) is 0 Å². The molecule has 2 unspecified atom stereocenters. The highest BCUT2D eigenvalue weighted by Crippen LogP contribution is 2.11. The minimum atomic E-state index is -0.514. The second-order valence-electron chi connectivity index (χ2n) is 2.55. The summed E-state index contributed by atoms with van der Waals surface area (Å²) in [7, 11) is 0. The van der Waals surface area contributed by atoms with Crippen LogP contribution in [0.25, 0.3) is 0 Å². The quantitative estimate of drug-likeness (QED) is 0.380. The van der Waals surface area contributed by atoms with Gasteiger partial charge in [-0.05, 0) is 0 Å². The molecule has 0 aromatic carbocycles. The molecule has 0 amide bonds. The number of hydroxylamine groups is 1. The first-order valence-electron chi connectivity index (χ1n) is 3.57. The molecule has 2 atom stereocenters. The van der Waals surface area contributed by atoms with Crippen molar-refractivity contribution in [1.29, 1.82) is 0 Å². The van der Waals surface area contributed by atoms with Gasteiger partial charge in [-0.1, -0.05) is 0 Å². The number of fused-ring (bicyclic) bond motifs is 1. The highest BCUT2D eigenvalue weighted by Gasteiger charge is 2.25. The van der Waals surface area contributed by atoms with Gasteiger partial charge in [0.1, 0.15) is 0 Å². The van der Waals surface area contributed by atoms with E-state index in [-0.39, 0.29) is 17.3 Å². The van der Waals surface area contributed by atoms with Crippen LogP contribution in [0.4, 0.5) is 11.4 Å². The molecular formula is C6H7N5O2. The molecule has 2 rings (SSSR count). The van der Waals surface area contributed by atoms with Crippen molar-refractivity contribution < 1.29 is 10.2 Å². The van der Waals surface area contributed by atoms with Gasteiger partial charge in [-0.3, -0.25) is 10.0 Å². The van der Waals surface area contributed by atoms with Gasteiger partial charge in [0.2, 0.25) is 11.4 Å². The Kier molecular flexibility index (Phi) is 1.71. The van der Waals surface area contributed by atoms with Gasteiger partial charge in [0.05, 0.1) is 6.20 Å². The third-order valence-electron chi connectivity index (χ3n) is 1.75. The SMILES string of the molecule is NC1=N[NH+]([O-])c2cnccc2[NH+]1[O-]. The number of guanidine groups is 1. The van der Waals surface area contributed by atoms with Gasteiger partial charge >= 0.3 is 5.96 Å². The Balaban J connectivity index is 2.55. The lowest BCUT2D eigenvalue weighted by atomic mass is 10.3. The van der Waals surface area contributed by atoms with E-state index in [1.54, 1.807) is 0 Å². The second kappa shape index (κ2) is 2.75. The van der Waals surface area contributed by atoms with Gasteiger partial charge in [0.15, 0.2) is 0 Å². The lowest BCUT2D eigenvalue weighted by molar-refractivity contribution is -0.812. The van der Waals surface area contributed by atoms with Crippen LogP contribution in [0.3, 0.4) is 0 Å². The number of nitrogens with two attached hydrogens (primary N) is 1. The van der Waals surface area contributed by atoms with Crippen molar-refractivity contribution in [2.45, 2.75) is 0 Å². The number of hydrogen-bond donors (Lipinski definition) is 3. The summed E-state index contributed by atoms with van der Waals surface area (Å²) in [5.74, 6) is -0.260. The molecule has 13 heavy (non-hydrogen) atoms. The molecule has 7 heteroatoms. The van der Waals surface area contributed by atoms with Gasteiger partial charge in [-0.15, -0.1) is 0 Å². The topological polar surface area (TPSA) is 106 Å². The highest BCUT2D eigenvalue weighted by molar-refractivity contribution is 5.73. The Labute approximate surface area is 73.2 Å². The number of pyridine rings is 1. The van der Waals surface area contributed by atoms with Crippen LogP contribution in [0, 0.1) is 10.4 Å². The summed E-state index contributed by atoms with van der Waals surface area (Å²) in [4.78, 5) is 3.72. The number of nitrogens with one attached hydrogen (secondary N) is 2. The van der Waals surface area contributed by atoms with Crippen LogP contribution in [0.15, 0.2) is 23.6 Å². The van der Waals surface area contributed by atoms with Crippen LogP contribution in [0.5, 0.6) is 0 Å². The van der Waals surface area contributed by atoms with Crippen molar-refractivity contribution in [1.82, 2.24) is 4.98 Å². The molecule has 0 bridgehead atoms. The van der Waals surface area contributed by atoms with E-state index in [1.807, 2.05) is 0 Å². The molecule has 0 saturated heterocycles. The van der Waals surface area contributed by atoms with Gasteiger partial charge in [-0.25, -0.2) is 0 Å². The molecular weight excluding hydrogens is 174 g/mol. The predicted octanol–water partition coefficient (Wildman–Crippen LogP) is -2.65. The molecule has 1 aromatic heterocycles. The third-order valence-corrected chi connectivity index (χ3v) is 1.75. The monoisotopic (exact) mass is 181 g/mol. The zero-order valence-corrected chi connectivity index (χ0v) is 6.52. The zero-order chi connectivity index (χ0) is 9.42. The summed E-state index contributed by atoms with van der Waals surface area (Å²) in [5, 5.41) is 24.9. The van der Waals surface area contributed by atoms with E-state index in [0.717, 1.165) is 0 Å². The standard InChI is InChI=1S/C6H7N5O2/c7-6-9-11(13)5-3-8-2-1-4(5)10(6)12/h1-3,10-11H,(H2,7,9). The molecule has 4 N–H and O–H groups in total.